The lowest BCUT2D eigenvalue weighted by Gasteiger charge is -2.04. The van der Waals surface area contributed by atoms with Crippen molar-refractivity contribution in [3.8, 4) is 0 Å². The molecule has 0 aliphatic carbocycles. The number of aryl methyl sites for hydroxylation is 1. The maximum Gasteiger partial charge on any atom is 0.268 e. The molecule has 0 bridgehead atoms. The second-order valence-corrected chi connectivity index (χ2v) is 4.81. The van der Waals surface area contributed by atoms with Gasteiger partial charge in [0.1, 0.15) is 5.69 Å². The summed E-state index contributed by atoms with van der Waals surface area (Å²) in [6.07, 6.45) is 0.876. The van der Waals surface area contributed by atoms with Crippen molar-refractivity contribution in [1.82, 2.24) is 15.6 Å². The minimum absolute atomic E-state index is 0.00672. The molecule has 0 unspecified atom stereocenters. The number of aromatic amines is 1. The Morgan fingerprint density at radius 1 is 1.20 bits per heavy atom. The maximum atomic E-state index is 12.0. The number of hydrogen-bond acceptors (Lipinski definition) is 2. The number of carbonyl (C=O) groups is 2. The van der Waals surface area contributed by atoms with E-state index in [2.05, 4.69) is 15.6 Å². The van der Waals surface area contributed by atoms with Crippen molar-refractivity contribution < 1.29 is 9.59 Å². The third-order valence-corrected chi connectivity index (χ3v) is 3.00. The third-order valence-electron chi connectivity index (χ3n) is 3.00. The second kappa shape index (κ2) is 6.23. The Bertz CT molecular complexity index is 631. The molecule has 2 aromatic rings. The lowest BCUT2D eigenvalue weighted by Crippen LogP contribution is -2.37. The van der Waals surface area contributed by atoms with Crippen LogP contribution in [0.25, 0.3) is 10.9 Å². The van der Waals surface area contributed by atoms with Crippen LogP contribution in [0.1, 0.15) is 29.4 Å². The molecule has 0 radical (unpaired) electrons. The predicted octanol–water partition coefficient (Wildman–Crippen LogP) is 1.73. The van der Waals surface area contributed by atoms with Crippen molar-refractivity contribution >= 4 is 22.7 Å². The molecular formula is C15H19N3O2. The maximum absolute atomic E-state index is 12.0. The highest BCUT2D eigenvalue weighted by Gasteiger charge is 2.10. The second-order valence-electron chi connectivity index (χ2n) is 4.81. The Morgan fingerprint density at radius 2 is 2.00 bits per heavy atom. The van der Waals surface area contributed by atoms with Crippen LogP contribution in [0, 0.1) is 6.92 Å². The Labute approximate surface area is 117 Å². The van der Waals surface area contributed by atoms with Gasteiger partial charge >= 0.3 is 0 Å². The van der Waals surface area contributed by atoms with Gasteiger partial charge in [0, 0.05) is 17.4 Å². The molecule has 106 valence electrons. The van der Waals surface area contributed by atoms with Crippen LogP contribution in [0.2, 0.25) is 0 Å². The molecule has 5 heteroatoms. The summed E-state index contributed by atoms with van der Waals surface area (Å²) in [6, 6.07) is 7.73. The van der Waals surface area contributed by atoms with E-state index in [0.717, 1.165) is 22.9 Å². The first-order valence-electron chi connectivity index (χ1n) is 6.74. The van der Waals surface area contributed by atoms with Crippen LogP contribution in [0.15, 0.2) is 24.3 Å². The van der Waals surface area contributed by atoms with Crippen LogP contribution < -0.4 is 10.6 Å². The molecule has 0 aliphatic heterocycles. The molecule has 0 saturated heterocycles. The summed E-state index contributed by atoms with van der Waals surface area (Å²) in [6.45, 7) is 4.59. The Balaban J connectivity index is 1.99. The number of benzene rings is 1. The zero-order valence-electron chi connectivity index (χ0n) is 11.7. The third kappa shape index (κ3) is 3.38. The van der Waals surface area contributed by atoms with Crippen LogP contribution in [0.5, 0.6) is 0 Å². The first-order chi connectivity index (χ1) is 9.60. The molecular weight excluding hydrogens is 254 g/mol. The van der Waals surface area contributed by atoms with Crippen LogP contribution in [0.4, 0.5) is 0 Å². The normalized spacial score (nSPS) is 10.5. The van der Waals surface area contributed by atoms with Crippen molar-refractivity contribution in [3.05, 3.63) is 35.5 Å². The minimum Gasteiger partial charge on any atom is -0.355 e. The van der Waals surface area contributed by atoms with Gasteiger partial charge in [0.15, 0.2) is 0 Å². The average molecular weight is 273 g/mol. The number of rotatable bonds is 5. The van der Waals surface area contributed by atoms with Gasteiger partial charge in [-0.3, -0.25) is 9.59 Å². The van der Waals surface area contributed by atoms with E-state index >= 15 is 0 Å². The highest BCUT2D eigenvalue weighted by atomic mass is 16.2. The Morgan fingerprint density at radius 3 is 2.75 bits per heavy atom. The molecule has 0 atom stereocenters. The van der Waals surface area contributed by atoms with Gasteiger partial charge in [0.25, 0.3) is 5.91 Å². The van der Waals surface area contributed by atoms with Gasteiger partial charge < -0.3 is 15.6 Å². The summed E-state index contributed by atoms with van der Waals surface area (Å²) in [5, 5.41) is 6.29. The van der Waals surface area contributed by atoms with Crippen molar-refractivity contribution in [2.24, 2.45) is 0 Å². The zero-order chi connectivity index (χ0) is 14.5. The fourth-order valence-electron chi connectivity index (χ4n) is 1.95. The van der Waals surface area contributed by atoms with Gasteiger partial charge in [-0.2, -0.15) is 0 Å². The van der Waals surface area contributed by atoms with Crippen LogP contribution in [0.3, 0.4) is 0 Å². The first kappa shape index (κ1) is 14.1. The smallest absolute Gasteiger partial charge is 0.268 e. The molecule has 0 saturated carbocycles. The molecule has 1 aromatic carbocycles. The number of hydrogen-bond donors (Lipinski definition) is 3. The largest absolute Gasteiger partial charge is 0.355 e. The molecule has 0 fully saturated rings. The van der Waals surface area contributed by atoms with Gasteiger partial charge in [-0.25, -0.2) is 0 Å². The molecule has 20 heavy (non-hydrogen) atoms. The van der Waals surface area contributed by atoms with Crippen molar-refractivity contribution in [1.29, 1.82) is 0 Å². The standard InChI is InChI=1S/C15H19N3O2/c1-3-6-16-14(19)9-17-15(20)13-8-11-5-4-10(2)7-12(11)18-13/h4-5,7-8,18H,3,6,9H2,1-2H3,(H,16,19)(H,17,20). The Hall–Kier alpha value is -2.30. The summed E-state index contributed by atoms with van der Waals surface area (Å²) in [7, 11) is 0. The minimum atomic E-state index is -0.273. The molecule has 0 spiro atoms. The summed E-state index contributed by atoms with van der Waals surface area (Å²) in [5.74, 6) is -0.447. The zero-order valence-corrected chi connectivity index (χ0v) is 11.7. The lowest BCUT2D eigenvalue weighted by molar-refractivity contribution is -0.120. The monoisotopic (exact) mass is 273 g/mol. The van der Waals surface area contributed by atoms with Crippen LogP contribution in [-0.2, 0) is 4.79 Å². The number of nitrogens with one attached hydrogen (secondary N) is 3. The SMILES string of the molecule is CCCNC(=O)CNC(=O)c1cc2ccc(C)cc2[nH]1. The predicted molar refractivity (Wildman–Crippen MR) is 78.7 cm³/mol. The number of H-pyrrole nitrogens is 1. The van der Waals surface area contributed by atoms with Gasteiger partial charge in [-0.15, -0.1) is 0 Å². The summed E-state index contributed by atoms with van der Waals surface area (Å²) < 4.78 is 0. The molecule has 1 aromatic heterocycles. The quantitative estimate of drug-likeness (QED) is 0.776. The van der Waals surface area contributed by atoms with Crippen molar-refractivity contribution in [3.63, 3.8) is 0 Å². The van der Waals surface area contributed by atoms with Gasteiger partial charge in [0.2, 0.25) is 5.91 Å². The van der Waals surface area contributed by atoms with E-state index in [4.69, 9.17) is 0 Å². The van der Waals surface area contributed by atoms with Crippen molar-refractivity contribution in [2.45, 2.75) is 20.3 Å². The van der Waals surface area contributed by atoms with E-state index in [1.54, 1.807) is 6.07 Å². The lowest BCUT2D eigenvalue weighted by atomic mass is 10.2. The van der Waals surface area contributed by atoms with E-state index < -0.39 is 0 Å². The van der Waals surface area contributed by atoms with E-state index in [-0.39, 0.29) is 18.4 Å². The van der Waals surface area contributed by atoms with E-state index in [1.165, 1.54) is 0 Å². The van der Waals surface area contributed by atoms with Gasteiger partial charge in [-0.05, 0) is 31.0 Å². The molecule has 2 rings (SSSR count). The molecule has 0 aliphatic rings. The molecule has 3 N–H and O–H groups in total. The fourth-order valence-corrected chi connectivity index (χ4v) is 1.95. The van der Waals surface area contributed by atoms with E-state index in [1.807, 2.05) is 32.0 Å². The molecule has 1 heterocycles. The molecule has 5 nitrogen and oxygen atoms in total. The first-order valence-corrected chi connectivity index (χ1v) is 6.74. The van der Waals surface area contributed by atoms with Crippen LogP contribution in [-0.4, -0.2) is 29.9 Å². The summed E-state index contributed by atoms with van der Waals surface area (Å²) in [4.78, 5) is 26.4. The van der Waals surface area contributed by atoms with Gasteiger partial charge in [0.05, 0.1) is 6.54 Å². The average Bonchev–Trinajstić information content (AvgIpc) is 2.85. The van der Waals surface area contributed by atoms with Crippen molar-refractivity contribution in [2.75, 3.05) is 13.1 Å². The number of fused-ring (bicyclic) bond motifs is 1. The summed E-state index contributed by atoms with van der Waals surface area (Å²) in [5.41, 5.74) is 2.52. The van der Waals surface area contributed by atoms with E-state index in [0.29, 0.717) is 12.2 Å². The Kier molecular flexibility index (Phi) is 4.40. The number of amides is 2. The van der Waals surface area contributed by atoms with Crippen LogP contribution >= 0.6 is 0 Å². The summed E-state index contributed by atoms with van der Waals surface area (Å²) >= 11 is 0. The molecule has 2 amide bonds. The number of carbonyl (C=O) groups excluding carboxylic acids is 2. The fraction of sp³-hybridized carbons (Fsp3) is 0.333. The number of aromatic nitrogens is 1. The van der Waals surface area contributed by atoms with Gasteiger partial charge in [-0.1, -0.05) is 19.1 Å². The van der Waals surface area contributed by atoms with E-state index in [9.17, 15) is 9.59 Å². The highest BCUT2D eigenvalue weighted by Crippen LogP contribution is 2.16. The highest BCUT2D eigenvalue weighted by molar-refractivity contribution is 5.99. The topological polar surface area (TPSA) is 74.0 Å².